The molecular weight excluding hydrogens is 302 g/mol. The van der Waals surface area contributed by atoms with Crippen LogP contribution in [0.25, 0.3) is 0 Å². The summed E-state index contributed by atoms with van der Waals surface area (Å²) >= 11 is 0. The Hall–Kier alpha value is -1.32. The van der Waals surface area contributed by atoms with Crippen LogP contribution in [0, 0.1) is 0 Å². The van der Waals surface area contributed by atoms with Crippen LogP contribution >= 0.6 is 0 Å². The predicted molar refractivity (Wildman–Crippen MR) is 77.7 cm³/mol. The Morgan fingerprint density at radius 3 is 2.45 bits per heavy atom. The van der Waals surface area contributed by atoms with Gasteiger partial charge in [-0.3, -0.25) is 0 Å². The lowest BCUT2D eigenvalue weighted by Crippen LogP contribution is -2.32. The van der Waals surface area contributed by atoms with Gasteiger partial charge in [-0.25, -0.2) is 22.0 Å². The predicted octanol–water partition coefficient (Wildman–Crippen LogP) is -0.460. The molecule has 1 aromatic carbocycles. The minimum absolute atomic E-state index is 0.0534. The van der Waals surface area contributed by atoms with E-state index in [1.807, 2.05) is 0 Å². The summed E-state index contributed by atoms with van der Waals surface area (Å²) in [7, 11) is -5.07. The Balaban J connectivity index is 2.29. The van der Waals surface area contributed by atoms with Gasteiger partial charge in [-0.05, 0) is 24.6 Å². The van der Waals surface area contributed by atoms with Crippen LogP contribution in [0.1, 0.15) is 6.42 Å². The molecule has 7 nitrogen and oxygen atoms in total. The molecule has 9 heteroatoms. The third-order valence-electron chi connectivity index (χ3n) is 3.46. The molecule has 0 aliphatic carbocycles. The van der Waals surface area contributed by atoms with Crippen LogP contribution in [-0.4, -0.2) is 41.4 Å². The van der Waals surface area contributed by atoms with Crippen LogP contribution in [-0.2, 0) is 19.9 Å². The lowest BCUT2D eigenvalue weighted by molar-refractivity contribution is 0.597. The van der Waals surface area contributed by atoms with Crippen molar-refractivity contribution >= 4 is 31.2 Å². The molecule has 0 aromatic heterocycles. The molecule has 1 atom stereocenters. The van der Waals surface area contributed by atoms with Gasteiger partial charge in [0.2, 0.25) is 10.0 Å². The molecule has 0 radical (unpaired) electrons. The first-order valence-corrected chi connectivity index (χ1v) is 9.32. The number of hydrogen-bond acceptors (Lipinski definition) is 6. The number of benzene rings is 1. The number of hydrogen-bond donors (Lipinski definition) is 2. The van der Waals surface area contributed by atoms with Crippen molar-refractivity contribution in [3.63, 3.8) is 0 Å². The van der Waals surface area contributed by atoms with E-state index >= 15 is 0 Å². The third kappa shape index (κ3) is 3.05. The molecular formula is C11H17N3O4S2. The highest BCUT2D eigenvalue weighted by Gasteiger charge is 2.31. The summed E-state index contributed by atoms with van der Waals surface area (Å²) < 4.78 is 45.5. The fourth-order valence-electron chi connectivity index (χ4n) is 2.31. The van der Waals surface area contributed by atoms with Gasteiger partial charge in [0, 0.05) is 18.8 Å². The maximum absolute atomic E-state index is 11.5. The standard InChI is InChI=1S/C11H17N3O4S2/c1-14(9-4-5-19(15,16)7-9)8-2-3-11(10(12)6-8)20(13,17)18/h2-3,6,9H,4-5,7,12H2,1H3,(H2,13,17,18). The Bertz CT molecular complexity index is 728. The zero-order valence-electron chi connectivity index (χ0n) is 11.0. The third-order valence-corrected chi connectivity index (χ3v) is 6.20. The van der Waals surface area contributed by atoms with Crippen LogP contribution in [0.3, 0.4) is 0 Å². The van der Waals surface area contributed by atoms with Gasteiger partial charge < -0.3 is 10.6 Å². The van der Waals surface area contributed by atoms with Crippen LogP contribution in [0.5, 0.6) is 0 Å². The number of primary sulfonamides is 1. The first-order chi connectivity index (χ1) is 9.10. The second kappa shape index (κ2) is 4.90. The first kappa shape index (κ1) is 15.1. The van der Waals surface area contributed by atoms with E-state index < -0.39 is 19.9 Å². The number of nitrogens with two attached hydrogens (primary N) is 2. The van der Waals surface area contributed by atoms with E-state index in [1.165, 1.54) is 12.1 Å². The highest BCUT2D eigenvalue weighted by molar-refractivity contribution is 7.91. The van der Waals surface area contributed by atoms with Crippen LogP contribution in [0.4, 0.5) is 11.4 Å². The molecule has 1 aliphatic rings. The van der Waals surface area contributed by atoms with Crippen molar-refractivity contribution in [3.05, 3.63) is 18.2 Å². The fourth-order valence-corrected chi connectivity index (χ4v) is 4.73. The summed E-state index contributed by atoms with van der Waals surface area (Å²) in [5.41, 5.74) is 6.41. The highest BCUT2D eigenvalue weighted by atomic mass is 32.2. The zero-order valence-corrected chi connectivity index (χ0v) is 12.6. The average molecular weight is 319 g/mol. The summed E-state index contributed by atoms with van der Waals surface area (Å²) in [6.45, 7) is 0. The van der Waals surface area contributed by atoms with E-state index in [2.05, 4.69) is 0 Å². The van der Waals surface area contributed by atoms with Crippen molar-refractivity contribution in [1.29, 1.82) is 0 Å². The summed E-state index contributed by atoms with van der Waals surface area (Å²) in [6.07, 6.45) is 0.551. The largest absolute Gasteiger partial charge is 0.398 e. The molecule has 0 bridgehead atoms. The van der Waals surface area contributed by atoms with Crippen molar-refractivity contribution in [3.8, 4) is 0 Å². The van der Waals surface area contributed by atoms with Gasteiger partial charge in [0.1, 0.15) is 4.90 Å². The molecule has 1 fully saturated rings. The van der Waals surface area contributed by atoms with Crippen molar-refractivity contribution < 1.29 is 16.8 Å². The van der Waals surface area contributed by atoms with E-state index in [4.69, 9.17) is 10.9 Å². The van der Waals surface area contributed by atoms with E-state index in [1.54, 1.807) is 18.0 Å². The van der Waals surface area contributed by atoms with Crippen molar-refractivity contribution in [1.82, 2.24) is 0 Å². The van der Waals surface area contributed by atoms with Crippen molar-refractivity contribution in [2.45, 2.75) is 17.4 Å². The second-order valence-corrected chi connectivity index (χ2v) is 8.69. The van der Waals surface area contributed by atoms with Gasteiger partial charge in [-0.2, -0.15) is 0 Å². The molecule has 2 rings (SSSR count). The Labute approximate surface area is 118 Å². The second-order valence-electron chi connectivity index (χ2n) is 4.93. The van der Waals surface area contributed by atoms with Crippen molar-refractivity contribution in [2.24, 2.45) is 5.14 Å². The lowest BCUT2D eigenvalue weighted by Gasteiger charge is -2.26. The highest BCUT2D eigenvalue weighted by Crippen LogP contribution is 2.27. The van der Waals surface area contributed by atoms with Gasteiger partial charge in [0.15, 0.2) is 9.84 Å². The van der Waals surface area contributed by atoms with Gasteiger partial charge in [-0.1, -0.05) is 0 Å². The maximum atomic E-state index is 11.5. The van der Waals surface area contributed by atoms with E-state index in [0.29, 0.717) is 12.1 Å². The van der Waals surface area contributed by atoms with Crippen molar-refractivity contribution in [2.75, 3.05) is 29.2 Å². The van der Waals surface area contributed by atoms with Crippen LogP contribution in [0.15, 0.2) is 23.1 Å². The molecule has 0 spiro atoms. The number of sulfone groups is 1. The molecule has 112 valence electrons. The Morgan fingerprint density at radius 1 is 1.35 bits per heavy atom. The molecule has 1 heterocycles. The molecule has 1 unspecified atom stereocenters. The minimum Gasteiger partial charge on any atom is -0.398 e. The maximum Gasteiger partial charge on any atom is 0.240 e. The monoisotopic (exact) mass is 319 g/mol. The Morgan fingerprint density at radius 2 is 2.00 bits per heavy atom. The molecule has 0 saturated carbocycles. The molecule has 1 aliphatic heterocycles. The number of sulfonamides is 1. The molecule has 0 amide bonds. The van der Waals surface area contributed by atoms with E-state index in [-0.39, 0.29) is 28.1 Å². The normalized spacial score (nSPS) is 21.8. The van der Waals surface area contributed by atoms with Gasteiger partial charge in [0.25, 0.3) is 0 Å². The Kier molecular flexibility index (Phi) is 3.69. The SMILES string of the molecule is CN(c1ccc(S(N)(=O)=O)c(N)c1)C1CCS(=O)(=O)C1. The summed E-state index contributed by atoms with van der Waals surface area (Å²) in [5.74, 6) is 0.271. The number of anilines is 2. The van der Waals surface area contributed by atoms with E-state index in [0.717, 1.165) is 0 Å². The fraction of sp³-hybridized carbons (Fsp3) is 0.455. The average Bonchev–Trinajstić information content (AvgIpc) is 2.67. The topological polar surface area (TPSA) is 124 Å². The number of rotatable bonds is 3. The van der Waals surface area contributed by atoms with Crippen LogP contribution in [0.2, 0.25) is 0 Å². The van der Waals surface area contributed by atoms with E-state index in [9.17, 15) is 16.8 Å². The molecule has 4 N–H and O–H groups in total. The first-order valence-electron chi connectivity index (χ1n) is 5.96. The van der Waals surface area contributed by atoms with Gasteiger partial charge in [0.05, 0.1) is 17.2 Å². The lowest BCUT2D eigenvalue weighted by atomic mass is 10.2. The molecule has 1 saturated heterocycles. The quantitative estimate of drug-likeness (QED) is 0.727. The number of nitrogen functional groups attached to an aromatic ring is 1. The number of nitrogens with zero attached hydrogens (tertiary/aromatic N) is 1. The van der Waals surface area contributed by atoms with Gasteiger partial charge >= 0.3 is 0 Å². The molecule has 20 heavy (non-hydrogen) atoms. The smallest absolute Gasteiger partial charge is 0.240 e. The van der Waals surface area contributed by atoms with Gasteiger partial charge in [-0.15, -0.1) is 0 Å². The summed E-state index contributed by atoms with van der Waals surface area (Å²) in [5, 5.41) is 5.04. The summed E-state index contributed by atoms with van der Waals surface area (Å²) in [4.78, 5) is 1.67. The summed E-state index contributed by atoms with van der Waals surface area (Å²) in [6, 6.07) is 4.27. The zero-order chi connectivity index (χ0) is 15.1. The van der Waals surface area contributed by atoms with Crippen LogP contribution < -0.4 is 15.8 Å². The molecule has 1 aromatic rings. The minimum atomic E-state index is -3.85.